The second kappa shape index (κ2) is 5.22. The summed E-state index contributed by atoms with van der Waals surface area (Å²) in [6, 6.07) is 12.1. The summed E-state index contributed by atoms with van der Waals surface area (Å²) in [5, 5.41) is 0. The van der Waals surface area contributed by atoms with Crippen LogP contribution in [0.5, 0.6) is 5.75 Å². The Labute approximate surface area is 114 Å². The van der Waals surface area contributed by atoms with E-state index in [0.717, 1.165) is 22.8 Å². The van der Waals surface area contributed by atoms with E-state index in [1.165, 1.54) is 11.1 Å². The third kappa shape index (κ3) is 2.81. The molecular formula is C16H20N2O. The van der Waals surface area contributed by atoms with Crippen LogP contribution in [-0.4, -0.2) is 14.2 Å². The minimum atomic E-state index is 0.738. The summed E-state index contributed by atoms with van der Waals surface area (Å²) >= 11 is 0. The third-order valence-corrected chi connectivity index (χ3v) is 3.19. The molecule has 0 heterocycles. The number of methoxy groups -OCH3 is 1. The zero-order chi connectivity index (χ0) is 14.0. The molecule has 100 valence electrons. The first-order valence-corrected chi connectivity index (χ1v) is 6.27. The van der Waals surface area contributed by atoms with Gasteiger partial charge in [0.25, 0.3) is 0 Å². The summed E-state index contributed by atoms with van der Waals surface area (Å²) in [5.41, 5.74) is 11.3. The second-order valence-electron chi connectivity index (χ2n) is 4.83. The number of anilines is 3. The lowest BCUT2D eigenvalue weighted by molar-refractivity contribution is 0.415. The number of nitrogens with two attached hydrogens (primary N) is 1. The number of ether oxygens (including phenoxy) is 1. The van der Waals surface area contributed by atoms with Crippen molar-refractivity contribution in [2.24, 2.45) is 0 Å². The number of hydrogen-bond acceptors (Lipinski definition) is 3. The van der Waals surface area contributed by atoms with Crippen LogP contribution in [0.2, 0.25) is 0 Å². The van der Waals surface area contributed by atoms with Crippen LogP contribution in [-0.2, 0) is 0 Å². The number of rotatable bonds is 3. The van der Waals surface area contributed by atoms with Crippen molar-refractivity contribution < 1.29 is 4.74 Å². The number of benzene rings is 2. The predicted molar refractivity (Wildman–Crippen MR) is 81.4 cm³/mol. The van der Waals surface area contributed by atoms with Gasteiger partial charge in [0.15, 0.2) is 0 Å². The van der Waals surface area contributed by atoms with Crippen molar-refractivity contribution in [1.82, 2.24) is 0 Å². The predicted octanol–water partition coefficient (Wildman–Crippen LogP) is 3.66. The van der Waals surface area contributed by atoms with Gasteiger partial charge >= 0.3 is 0 Å². The average molecular weight is 256 g/mol. The van der Waals surface area contributed by atoms with Gasteiger partial charge < -0.3 is 15.4 Å². The quantitative estimate of drug-likeness (QED) is 0.852. The summed E-state index contributed by atoms with van der Waals surface area (Å²) in [6.07, 6.45) is 0. The Balaban J connectivity index is 2.45. The molecule has 0 saturated heterocycles. The summed E-state index contributed by atoms with van der Waals surface area (Å²) in [7, 11) is 3.67. The van der Waals surface area contributed by atoms with Crippen molar-refractivity contribution in [3.8, 4) is 5.75 Å². The first-order chi connectivity index (χ1) is 9.01. The second-order valence-corrected chi connectivity index (χ2v) is 4.83. The van der Waals surface area contributed by atoms with Crippen molar-refractivity contribution in [3.63, 3.8) is 0 Å². The maximum Gasteiger partial charge on any atom is 0.121 e. The van der Waals surface area contributed by atoms with E-state index in [1.807, 2.05) is 25.2 Å². The van der Waals surface area contributed by atoms with Gasteiger partial charge in [-0.05, 0) is 49.2 Å². The Morgan fingerprint density at radius 1 is 1.00 bits per heavy atom. The third-order valence-electron chi connectivity index (χ3n) is 3.19. The van der Waals surface area contributed by atoms with E-state index in [4.69, 9.17) is 10.5 Å². The molecule has 3 heteroatoms. The molecule has 2 rings (SSSR count). The summed E-state index contributed by atoms with van der Waals surface area (Å²) in [5.74, 6) is 0.806. The monoisotopic (exact) mass is 256 g/mol. The molecule has 0 unspecified atom stereocenters. The van der Waals surface area contributed by atoms with E-state index >= 15 is 0 Å². The fraction of sp³-hybridized carbons (Fsp3) is 0.250. The maximum atomic E-state index is 6.06. The molecule has 0 atom stereocenters. The van der Waals surface area contributed by atoms with Gasteiger partial charge in [-0.3, -0.25) is 0 Å². The molecule has 2 aromatic carbocycles. The highest BCUT2D eigenvalue weighted by atomic mass is 16.5. The standard InChI is InChI=1S/C16H20N2O/c1-11-7-12(2)9-13(8-11)18(3)16-10-14(19-4)5-6-15(16)17/h5-10H,17H2,1-4H3. The Kier molecular flexibility index (Phi) is 3.65. The normalized spacial score (nSPS) is 10.3. The zero-order valence-corrected chi connectivity index (χ0v) is 11.9. The summed E-state index contributed by atoms with van der Waals surface area (Å²) < 4.78 is 5.26. The lowest BCUT2D eigenvalue weighted by atomic mass is 10.1. The smallest absolute Gasteiger partial charge is 0.121 e. The molecule has 0 saturated carbocycles. The number of aryl methyl sites for hydroxylation is 2. The minimum Gasteiger partial charge on any atom is -0.497 e. The zero-order valence-electron chi connectivity index (χ0n) is 11.9. The SMILES string of the molecule is COc1ccc(N)c(N(C)c2cc(C)cc(C)c2)c1. The van der Waals surface area contributed by atoms with Crippen LogP contribution in [0.15, 0.2) is 36.4 Å². The Hall–Kier alpha value is -2.16. The molecule has 2 N–H and O–H groups in total. The van der Waals surface area contributed by atoms with Crippen LogP contribution in [0, 0.1) is 13.8 Å². The van der Waals surface area contributed by atoms with E-state index in [9.17, 15) is 0 Å². The lowest BCUT2D eigenvalue weighted by Crippen LogP contribution is -2.12. The first kappa shape index (κ1) is 13.3. The van der Waals surface area contributed by atoms with Gasteiger partial charge in [-0.2, -0.15) is 0 Å². The fourth-order valence-electron chi connectivity index (χ4n) is 2.22. The van der Waals surface area contributed by atoms with Gasteiger partial charge in [-0.25, -0.2) is 0 Å². The molecule has 0 radical (unpaired) electrons. The van der Waals surface area contributed by atoms with Gasteiger partial charge in [-0.15, -0.1) is 0 Å². The molecular weight excluding hydrogens is 236 g/mol. The van der Waals surface area contributed by atoms with Gasteiger partial charge in [0.05, 0.1) is 18.5 Å². The van der Waals surface area contributed by atoms with Crippen LogP contribution in [0.3, 0.4) is 0 Å². The van der Waals surface area contributed by atoms with Crippen molar-refractivity contribution >= 4 is 17.1 Å². The highest BCUT2D eigenvalue weighted by Crippen LogP contribution is 2.32. The molecule has 0 amide bonds. The fourth-order valence-corrected chi connectivity index (χ4v) is 2.22. The molecule has 3 nitrogen and oxygen atoms in total. The molecule has 0 bridgehead atoms. The number of hydrogen-bond donors (Lipinski definition) is 1. The van der Waals surface area contributed by atoms with Crippen LogP contribution in [0.1, 0.15) is 11.1 Å². The lowest BCUT2D eigenvalue weighted by Gasteiger charge is -2.22. The minimum absolute atomic E-state index is 0.738. The van der Waals surface area contributed by atoms with Gasteiger partial charge in [-0.1, -0.05) is 6.07 Å². The molecule has 0 aliphatic heterocycles. The van der Waals surface area contributed by atoms with Crippen LogP contribution in [0.25, 0.3) is 0 Å². The molecule has 19 heavy (non-hydrogen) atoms. The van der Waals surface area contributed by atoms with Crippen molar-refractivity contribution in [1.29, 1.82) is 0 Å². The highest BCUT2D eigenvalue weighted by Gasteiger charge is 2.09. The molecule has 0 aliphatic rings. The number of nitrogen functional groups attached to an aromatic ring is 1. The molecule has 2 aromatic rings. The van der Waals surface area contributed by atoms with Gasteiger partial charge in [0.1, 0.15) is 5.75 Å². The molecule has 0 fully saturated rings. The van der Waals surface area contributed by atoms with Crippen molar-refractivity contribution in [2.45, 2.75) is 13.8 Å². The number of nitrogens with zero attached hydrogens (tertiary/aromatic N) is 1. The van der Waals surface area contributed by atoms with Crippen molar-refractivity contribution in [2.75, 3.05) is 24.8 Å². The summed E-state index contributed by atoms with van der Waals surface area (Å²) in [4.78, 5) is 2.08. The van der Waals surface area contributed by atoms with E-state index in [-0.39, 0.29) is 0 Å². The van der Waals surface area contributed by atoms with Crippen molar-refractivity contribution in [3.05, 3.63) is 47.5 Å². The highest BCUT2D eigenvalue weighted by molar-refractivity contribution is 5.76. The van der Waals surface area contributed by atoms with Gasteiger partial charge in [0.2, 0.25) is 0 Å². The summed E-state index contributed by atoms with van der Waals surface area (Å²) in [6.45, 7) is 4.19. The Morgan fingerprint density at radius 3 is 2.21 bits per heavy atom. The van der Waals surface area contributed by atoms with Gasteiger partial charge in [0, 0.05) is 18.8 Å². The largest absolute Gasteiger partial charge is 0.497 e. The van der Waals surface area contributed by atoms with E-state index < -0.39 is 0 Å². The Morgan fingerprint density at radius 2 is 1.63 bits per heavy atom. The van der Waals surface area contributed by atoms with Crippen LogP contribution < -0.4 is 15.4 Å². The Bertz CT molecular complexity index is 573. The molecule has 0 aliphatic carbocycles. The molecule has 0 aromatic heterocycles. The average Bonchev–Trinajstić information content (AvgIpc) is 2.37. The van der Waals surface area contributed by atoms with Crippen LogP contribution >= 0.6 is 0 Å². The van der Waals surface area contributed by atoms with Crippen LogP contribution in [0.4, 0.5) is 17.1 Å². The van der Waals surface area contributed by atoms with E-state index in [2.05, 4.69) is 36.9 Å². The van der Waals surface area contributed by atoms with E-state index in [1.54, 1.807) is 7.11 Å². The molecule has 0 spiro atoms. The maximum absolute atomic E-state index is 6.06. The van der Waals surface area contributed by atoms with E-state index in [0.29, 0.717) is 0 Å². The first-order valence-electron chi connectivity index (χ1n) is 6.27. The topological polar surface area (TPSA) is 38.5 Å².